The summed E-state index contributed by atoms with van der Waals surface area (Å²) in [5.74, 6) is -0.667. The zero-order valence-electron chi connectivity index (χ0n) is 12.0. The summed E-state index contributed by atoms with van der Waals surface area (Å²) in [5.41, 5.74) is 1.30. The van der Waals surface area contributed by atoms with E-state index in [4.69, 9.17) is 4.74 Å². The predicted molar refractivity (Wildman–Crippen MR) is 78.0 cm³/mol. The van der Waals surface area contributed by atoms with Crippen molar-refractivity contribution in [3.63, 3.8) is 0 Å². The van der Waals surface area contributed by atoms with Crippen LogP contribution in [-0.4, -0.2) is 23.3 Å². The summed E-state index contributed by atoms with van der Waals surface area (Å²) in [6.07, 6.45) is 2.39. The van der Waals surface area contributed by atoms with E-state index in [9.17, 15) is 9.90 Å². The largest absolute Gasteiger partial charge is 0.426 e. The van der Waals surface area contributed by atoms with Gasteiger partial charge in [-0.25, -0.2) is 0 Å². The van der Waals surface area contributed by atoms with E-state index in [0.29, 0.717) is 23.6 Å². The highest BCUT2D eigenvalue weighted by Crippen LogP contribution is 2.36. The first kappa shape index (κ1) is 14.7. The number of aliphatic hydroxyl groups excluding tert-OH is 1. The number of aliphatic hydroxyl groups is 1. The smallest absolute Gasteiger partial charge is 0.323 e. The Kier molecular flexibility index (Phi) is 4.90. The lowest BCUT2D eigenvalue weighted by molar-refractivity contribution is -0.141. The summed E-state index contributed by atoms with van der Waals surface area (Å²) in [7, 11) is 0. The molecule has 0 fully saturated rings. The molecule has 108 valence electrons. The highest BCUT2D eigenvalue weighted by atomic mass is 16.5. The maximum absolute atomic E-state index is 12.0. The molecular weight excluding hydrogens is 254 g/mol. The van der Waals surface area contributed by atoms with Crippen LogP contribution >= 0.6 is 0 Å². The maximum Gasteiger partial charge on any atom is 0.323 e. The molecule has 0 saturated carbocycles. The van der Waals surface area contributed by atoms with E-state index < -0.39 is 18.0 Å². The van der Waals surface area contributed by atoms with Crippen molar-refractivity contribution in [2.45, 2.75) is 39.2 Å². The number of unbranched alkanes of at least 4 members (excludes halogenated alkanes) is 2. The molecule has 1 aromatic carbocycles. The first-order chi connectivity index (χ1) is 9.65. The number of hydrogen-bond acceptors (Lipinski definition) is 4. The summed E-state index contributed by atoms with van der Waals surface area (Å²) in [6, 6.07) is 7.08. The van der Waals surface area contributed by atoms with Gasteiger partial charge in [0.25, 0.3) is 0 Å². The van der Waals surface area contributed by atoms with Crippen molar-refractivity contribution >= 4 is 11.7 Å². The number of esters is 1. The third-order valence-corrected chi connectivity index (χ3v) is 3.59. The average Bonchev–Trinajstić information content (AvgIpc) is 2.43. The van der Waals surface area contributed by atoms with Gasteiger partial charge >= 0.3 is 5.97 Å². The molecule has 0 aliphatic carbocycles. The maximum atomic E-state index is 12.0. The van der Waals surface area contributed by atoms with Crippen LogP contribution < -0.4 is 4.74 Å². The molecule has 0 bridgehead atoms. The number of rotatable bonds is 5. The van der Waals surface area contributed by atoms with E-state index in [-0.39, 0.29) is 0 Å². The Morgan fingerprint density at radius 3 is 2.85 bits per heavy atom. The van der Waals surface area contributed by atoms with E-state index in [1.165, 1.54) is 0 Å². The monoisotopic (exact) mass is 275 g/mol. The van der Waals surface area contributed by atoms with Gasteiger partial charge in [0, 0.05) is 17.8 Å². The Morgan fingerprint density at radius 1 is 1.35 bits per heavy atom. The molecule has 4 heteroatoms. The third-order valence-electron chi connectivity index (χ3n) is 3.59. The number of nitrogens with zero attached hydrogens (tertiary/aromatic N) is 1. The number of carbonyl (C=O) groups is 1. The zero-order chi connectivity index (χ0) is 14.5. The Bertz CT molecular complexity index is 510. The second-order valence-corrected chi connectivity index (χ2v) is 5.11. The summed E-state index contributed by atoms with van der Waals surface area (Å²) >= 11 is 0. The number of ether oxygens (including phenoxy) is 1. The second-order valence-electron chi connectivity index (χ2n) is 5.11. The van der Waals surface area contributed by atoms with Gasteiger partial charge in [-0.2, -0.15) is 0 Å². The van der Waals surface area contributed by atoms with Gasteiger partial charge in [-0.05, 0) is 19.4 Å². The lowest BCUT2D eigenvalue weighted by Crippen LogP contribution is -2.36. The van der Waals surface area contributed by atoms with Gasteiger partial charge in [0.2, 0.25) is 0 Å². The normalized spacial score (nSPS) is 22.4. The first-order valence-corrected chi connectivity index (χ1v) is 7.14. The van der Waals surface area contributed by atoms with Crippen molar-refractivity contribution < 1.29 is 14.6 Å². The Balaban J connectivity index is 2.14. The Hall–Kier alpha value is -1.68. The molecule has 2 atom stereocenters. The minimum atomic E-state index is -0.873. The molecule has 1 aromatic rings. The van der Waals surface area contributed by atoms with Crippen molar-refractivity contribution in [3.05, 3.63) is 29.8 Å². The van der Waals surface area contributed by atoms with E-state index in [1.807, 2.05) is 6.07 Å². The van der Waals surface area contributed by atoms with Crippen molar-refractivity contribution in [3.8, 4) is 5.75 Å². The standard InChI is InChI=1S/C16H21NO3/c1-3-4-7-10-17-11(2)14-15(18)12-8-5-6-9-13(12)20-16(14)19/h5-6,8-9,14-15,18H,3-4,7,10H2,1-2H3. The molecule has 1 N–H and O–H groups in total. The lowest BCUT2D eigenvalue weighted by Gasteiger charge is -2.28. The average molecular weight is 275 g/mol. The highest BCUT2D eigenvalue weighted by molar-refractivity contribution is 6.03. The Labute approximate surface area is 119 Å². The fourth-order valence-electron chi connectivity index (χ4n) is 2.41. The first-order valence-electron chi connectivity index (χ1n) is 7.14. The van der Waals surface area contributed by atoms with Gasteiger partial charge in [-0.15, -0.1) is 0 Å². The summed E-state index contributed by atoms with van der Waals surface area (Å²) in [5, 5.41) is 10.4. The van der Waals surface area contributed by atoms with Crippen molar-refractivity contribution in [2.75, 3.05) is 6.54 Å². The highest BCUT2D eigenvalue weighted by Gasteiger charge is 2.38. The van der Waals surface area contributed by atoms with Gasteiger partial charge in [0.05, 0.1) is 0 Å². The number of aliphatic imine (C=N–C) groups is 1. The summed E-state index contributed by atoms with van der Waals surface area (Å²) < 4.78 is 5.28. The van der Waals surface area contributed by atoms with Crippen LogP contribution in [0.15, 0.2) is 29.3 Å². The van der Waals surface area contributed by atoms with Crippen LogP contribution in [0.1, 0.15) is 44.8 Å². The van der Waals surface area contributed by atoms with Crippen LogP contribution in [0.4, 0.5) is 0 Å². The minimum absolute atomic E-state index is 0.423. The second kappa shape index (κ2) is 6.66. The van der Waals surface area contributed by atoms with Gasteiger partial charge in [-0.1, -0.05) is 38.0 Å². The van der Waals surface area contributed by atoms with Crippen LogP contribution in [0.5, 0.6) is 5.75 Å². The molecule has 1 aliphatic heterocycles. The molecule has 1 aliphatic rings. The zero-order valence-corrected chi connectivity index (χ0v) is 12.0. The van der Waals surface area contributed by atoms with Crippen LogP contribution in [0.2, 0.25) is 0 Å². The van der Waals surface area contributed by atoms with Crippen LogP contribution in [0.3, 0.4) is 0 Å². The molecule has 0 aromatic heterocycles. The number of para-hydroxylation sites is 1. The molecule has 1 heterocycles. The number of hydrogen-bond donors (Lipinski definition) is 1. The number of fused-ring (bicyclic) bond motifs is 1. The molecule has 2 unspecified atom stereocenters. The van der Waals surface area contributed by atoms with Gasteiger partial charge in [-0.3, -0.25) is 9.79 Å². The quantitative estimate of drug-likeness (QED) is 0.389. The van der Waals surface area contributed by atoms with E-state index in [2.05, 4.69) is 11.9 Å². The van der Waals surface area contributed by atoms with E-state index >= 15 is 0 Å². The van der Waals surface area contributed by atoms with Gasteiger partial charge in [0.1, 0.15) is 17.8 Å². The lowest BCUT2D eigenvalue weighted by atomic mass is 9.89. The minimum Gasteiger partial charge on any atom is -0.426 e. The fourth-order valence-corrected chi connectivity index (χ4v) is 2.41. The molecule has 20 heavy (non-hydrogen) atoms. The summed E-state index contributed by atoms with van der Waals surface area (Å²) in [6.45, 7) is 4.61. The topological polar surface area (TPSA) is 58.9 Å². The Morgan fingerprint density at radius 2 is 2.10 bits per heavy atom. The SMILES string of the molecule is CCCCCN=C(C)C1C(=O)Oc2ccccc2C1O. The molecule has 0 radical (unpaired) electrons. The predicted octanol–water partition coefficient (Wildman–Crippen LogP) is 2.91. The van der Waals surface area contributed by atoms with Crippen molar-refractivity contribution in [1.29, 1.82) is 0 Å². The molecule has 4 nitrogen and oxygen atoms in total. The molecule has 2 rings (SSSR count). The number of benzene rings is 1. The molecule has 0 spiro atoms. The van der Waals surface area contributed by atoms with Gasteiger partial charge in [0.15, 0.2) is 0 Å². The van der Waals surface area contributed by atoms with Crippen molar-refractivity contribution in [2.24, 2.45) is 10.9 Å². The molecule has 0 saturated heterocycles. The van der Waals surface area contributed by atoms with Gasteiger partial charge < -0.3 is 9.84 Å². The van der Waals surface area contributed by atoms with Crippen LogP contribution in [0, 0.1) is 5.92 Å². The number of carbonyl (C=O) groups excluding carboxylic acids is 1. The van der Waals surface area contributed by atoms with Crippen LogP contribution in [0.25, 0.3) is 0 Å². The van der Waals surface area contributed by atoms with Crippen molar-refractivity contribution in [1.82, 2.24) is 0 Å². The third kappa shape index (κ3) is 3.07. The van der Waals surface area contributed by atoms with Crippen LogP contribution in [-0.2, 0) is 4.79 Å². The summed E-state index contributed by atoms with van der Waals surface area (Å²) in [4.78, 5) is 16.4. The fraction of sp³-hybridized carbons (Fsp3) is 0.500. The molecular formula is C16H21NO3. The molecule has 0 amide bonds. The van der Waals surface area contributed by atoms with E-state index in [1.54, 1.807) is 25.1 Å². The van der Waals surface area contributed by atoms with E-state index in [0.717, 1.165) is 19.3 Å².